The van der Waals surface area contributed by atoms with Gasteiger partial charge in [0.05, 0.1) is 23.5 Å². The Kier molecular flexibility index (Phi) is 3.21. The molecule has 0 aliphatic carbocycles. The summed E-state index contributed by atoms with van der Waals surface area (Å²) in [5, 5.41) is 37.3. The van der Waals surface area contributed by atoms with Gasteiger partial charge in [0.1, 0.15) is 0 Å². The van der Waals surface area contributed by atoms with Crippen molar-refractivity contribution in [3.63, 3.8) is 0 Å². The van der Waals surface area contributed by atoms with Crippen molar-refractivity contribution in [2.75, 3.05) is 0 Å². The topological polar surface area (TPSA) is 107 Å². The zero-order chi connectivity index (χ0) is 11.4. The number of nitro groups is 1. The molecule has 1 atom stereocenters. The van der Waals surface area contributed by atoms with Gasteiger partial charge < -0.3 is 10.2 Å². The van der Waals surface area contributed by atoms with E-state index in [1.54, 1.807) is 6.07 Å². The zero-order valence-corrected chi connectivity index (χ0v) is 7.62. The van der Waals surface area contributed by atoms with E-state index in [0.29, 0.717) is 0 Å². The maximum absolute atomic E-state index is 10.4. The van der Waals surface area contributed by atoms with E-state index in [4.69, 9.17) is 5.26 Å². The second-order valence-electron chi connectivity index (χ2n) is 2.88. The highest BCUT2D eigenvalue weighted by Crippen LogP contribution is 2.29. The number of hydrogen-bond acceptors (Lipinski definition) is 5. The molecular weight excluding hydrogens is 200 g/mol. The van der Waals surface area contributed by atoms with Crippen molar-refractivity contribution < 1.29 is 15.1 Å². The van der Waals surface area contributed by atoms with Crippen LogP contribution in [0.1, 0.15) is 18.1 Å². The van der Waals surface area contributed by atoms with Crippen molar-refractivity contribution >= 4 is 5.69 Å². The molecule has 0 fully saturated rings. The van der Waals surface area contributed by atoms with Gasteiger partial charge in [-0.05, 0) is 17.7 Å². The lowest BCUT2D eigenvalue weighted by Gasteiger charge is -2.06. The first-order valence-corrected chi connectivity index (χ1v) is 4.08. The summed E-state index contributed by atoms with van der Waals surface area (Å²) in [6.45, 7) is 0. The Labute approximate surface area is 85.2 Å². The molecule has 1 unspecified atom stereocenters. The van der Waals surface area contributed by atoms with Gasteiger partial charge in [-0.1, -0.05) is 0 Å². The third-order valence-corrected chi connectivity index (χ3v) is 1.87. The summed E-state index contributed by atoms with van der Waals surface area (Å²) in [6.07, 6.45) is -1.17. The molecule has 0 aliphatic rings. The molecule has 6 heteroatoms. The van der Waals surface area contributed by atoms with Gasteiger partial charge in [-0.25, -0.2) is 0 Å². The van der Waals surface area contributed by atoms with E-state index < -0.39 is 22.5 Å². The van der Waals surface area contributed by atoms with Crippen LogP contribution in [0.2, 0.25) is 0 Å². The van der Waals surface area contributed by atoms with E-state index in [9.17, 15) is 20.3 Å². The second-order valence-corrected chi connectivity index (χ2v) is 2.88. The number of nitro benzene ring substituents is 1. The minimum Gasteiger partial charge on any atom is -0.502 e. The smallest absolute Gasteiger partial charge is 0.310 e. The van der Waals surface area contributed by atoms with Crippen LogP contribution >= 0.6 is 0 Å². The summed E-state index contributed by atoms with van der Waals surface area (Å²) in [6, 6.07) is 5.23. The van der Waals surface area contributed by atoms with Crippen LogP contribution in [0.5, 0.6) is 5.75 Å². The van der Waals surface area contributed by atoms with E-state index in [1.165, 1.54) is 6.07 Å². The highest BCUT2D eigenvalue weighted by Gasteiger charge is 2.15. The third-order valence-electron chi connectivity index (χ3n) is 1.87. The van der Waals surface area contributed by atoms with Crippen LogP contribution in [0.15, 0.2) is 18.2 Å². The summed E-state index contributed by atoms with van der Waals surface area (Å²) in [5.41, 5.74) is -0.150. The Morgan fingerprint density at radius 2 is 2.27 bits per heavy atom. The molecule has 0 bridgehead atoms. The Morgan fingerprint density at radius 1 is 1.60 bits per heavy atom. The standard InChI is InChI=1S/C9H8N2O4/c10-4-3-8(12)6-1-2-7(11(14)15)9(13)5-6/h1-2,5,8,12-13H,3H2. The van der Waals surface area contributed by atoms with Gasteiger partial charge >= 0.3 is 5.69 Å². The Bertz CT molecular complexity index is 425. The minimum atomic E-state index is -1.04. The number of benzene rings is 1. The van der Waals surface area contributed by atoms with Crippen molar-refractivity contribution in [3.8, 4) is 11.8 Å². The molecule has 0 amide bonds. The molecule has 1 aromatic rings. The highest BCUT2D eigenvalue weighted by atomic mass is 16.6. The number of phenolic OH excluding ortho intramolecular Hbond substituents is 1. The van der Waals surface area contributed by atoms with Crippen LogP contribution in [0.25, 0.3) is 0 Å². The van der Waals surface area contributed by atoms with Gasteiger partial charge in [-0.3, -0.25) is 10.1 Å². The molecule has 2 N–H and O–H groups in total. The minimum absolute atomic E-state index is 0.128. The van der Waals surface area contributed by atoms with Gasteiger partial charge in [0, 0.05) is 6.07 Å². The van der Waals surface area contributed by atoms with Crippen LogP contribution in [-0.4, -0.2) is 15.1 Å². The van der Waals surface area contributed by atoms with E-state index in [-0.39, 0.29) is 12.0 Å². The maximum atomic E-state index is 10.4. The van der Waals surface area contributed by atoms with Crippen molar-refractivity contribution in [1.82, 2.24) is 0 Å². The zero-order valence-electron chi connectivity index (χ0n) is 7.62. The molecule has 0 aliphatic heterocycles. The molecule has 0 heterocycles. The number of aliphatic hydroxyl groups excluding tert-OH is 1. The molecule has 1 rings (SSSR count). The van der Waals surface area contributed by atoms with E-state index in [2.05, 4.69) is 0 Å². The molecule has 0 spiro atoms. The van der Waals surface area contributed by atoms with Crippen molar-refractivity contribution in [2.24, 2.45) is 0 Å². The Hall–Kier alpha value is -2.13. The van der Waals surface area contributed by atoms with Crippen LogP contribution in [-0.2, 0) is 0 Å². The van der Waals surface area contributed by atoms with Gasteiger partial charge in [0.15, 0.2) is 5.75 Å². The van der Waals surface area contributed by atoms with Crippen molar-refractivity contribution in [2.45, 2.75) is 12.5 Å². The molecule has 15 heavy (non-hydrogen) atoms. The van der Waals surface area contributed by atoms with Crippen molar-refractivity contribution in [1.29, 1.82) is 5.26 Å². The first kappa shape index (κ1) is 10.9. The fourth-order valence-electron chi connectivity index (χ4n) is 1.11. The van der Waals surface area contributed by atoms with Gasteiger partial charge in [0.25, 0.3) is 0 Å². The summed E-state index contributed by atoms with van der Waals surface area (Å²) < 4.78 is 0. The lowest BCUT2D eigenvalue weighted by atomic mass is 10.1. The van der Waals surface area contributed by atoms with Crippen LogP contribution < -0.4 is 0 Å². The molecule has 0 aromatic heterocycles. The number of hydrogen-bond donors (Lipinski definition) is 2. The van der Waals surface area contributed by atoms with E-state index in [0.717, 1.165) is 12.1 Å². The summed E-state index contributed by atoms with van der Waals surface area (Å²) >= 11 is 0. The quantitative estimate of drug-likeness (QED) is 0.574. The fourth-order valence-corrected chi connectivity index (χ4v) is 1.11. The predicted octanol–water partition coefficient (Wildman–Crippen LogP) is 1.25. The van der Waals surface area contributed by atoms with Crippen LogP contribution in [0.3, 0.4) is 0 Å². The molecule has 6 nitrogen and oxygen atoms in total. The first-order chi connectivity index (χ1) is 7.06. The van der Waals surface area contributed by atoms with Gasteiger partial charge in [0.2, 0.25) is 0 Å². The van der Waals surface area contributed by atoms with E-state index >= 15 is 0 Å². The summed E-state index contributed by atoms with van der Waals surface area (Å²) in [7, 11) is 0. The summed E-state index contributed by atoms with van der Waals surface area (Å²) in [5.74, 6) is -0.519. The number of phenols is 1. The molecule has 78 valence electrons. The largest absolute Gasteiger partial charge is 0.502 e. The number of nitriles is 1. The maximum Gasteiger partial charge on any atom is 0.310 e. The average molecular weight is 208 g/mol. The fraction of sp³-hybridized carbons (Fsp3) is 0.222. The molecule has 0 saturated carbocycles. The first-order valence-electron chi connectivity index (χ1n) is 4.08. The number of aromatic hydroxyl groups is 1. The normalized spacial score (nSPS) is 11.7. The number of rotatable bonds is 3. The van der Waals surface area contributed by atoms with Crippen molar-refractivity contribution in [3.05, 3.63) is 33.9 Å². The average Bonchev–Trinajstić information content (AvgIpc) is 2.17. The lowest BCUT2D eigenvalue weighted by molar-refractivity contribution is -0.385. The summed E-state index contributed by atoms with van der Waals surface area (Å²) in [4.78, 5) is 9.63. The molecule has 0 saturated heterocycles. The Balaban J connectivity index is 3.02. The van der Waals surface area contributed by atoms with Crippen LogP contribution in [0, 0.1) is 21.4 Å². The van der Waals surface area contributed by atoms with E-state index in [1.807, 2.05) is 0 Å². The monoisotopic (exact) mass is 208 g/mol. The second kappa shape index (κ2) is 4.39. The molecular formula is C9H8N2O4. The van der Waals surface area contributed by atoms with Gasteiger partial charge in [-0.15, -0.1) is 0 Å². The lowest BCUT2D eigenvalue weighted by Crippen LogP contribution is -1.97. The van der Waals surface area contributed by atoms with Gasteiger partial charge in [-0.2, -0.15) is 5.26 Å². The molecule has 1 aromatic carbocycles. The highest BCUT2D eigenvalue weighted by molar-refractivity contribution is 5.47. The Morgan fingerprint density at radius 3 is 2.73 bits per heavy atom. The SMILES string of the molecule is N#CCC(O)c1ccc([N+](=O)[O-])c(O)c1. The van der Waals surface area contributed by atoms with Crippen LogP contribution in [0.4, 0.5) is 5.69 Å². The predicted molar refractivity (Wildman–Crippen MR) is 50.0 cm³/mol. The molecule has 0 radical (unpaired) electrons. The third kappa shape index (κ3) is 2.42. The number of aliphatic hydroxyl groups is 1. The number of nitrogens with zero attached hydrogens (tertiary/aromatic N) is 2.